The number of nitrogens with zero attached hydrogens (tertiary/aromatic N) is 1. The average molecular weight is 185 g/mol. The molecule has 0 aliphatic carbocycles. The summed E-state index contributed by atoms with van der Waals surface area (Å²) in [5, 5.41) is 8.90. The number of piperidine rings is 1. The van der Waals surface area contributed by atoms with E-state index >= 15 is 0 Å². The second-order valence-electron chi connectivity index (χ2n) is 4.24. The third-order valence-corrected chi connectivity index (χ3v) is 3.02. The normalized spacial score (nSPS) is 32.8. The Morgan fingerprint density at radius 1 is 1.46 bits per heavy atom. The van der Waals surface area contributed by atoms with Crippen LogP contribution in [0.15, 0.2) is 0 Å². The van der Waals surface area contributed by atoms with Crippen molar-refractivity contribution in [3.63, 3.8) is 0 Å². The van der Waals surface area contributed by atoms with E-state index in [9.17, 15) is 4.79 Å². The van der Waals surface area contributed by atoms with E-state index < -0.39 is 5.97 Å². The molecule has 3 atom stereocenters. The molecule has 0 bridgehead atoms. The van der Waals surface area contributed by atoms with Gasteiger partial charge in [-0.2, -0.15) is 0 Å². The molecular formula is C10H19NO2. The minimum absolute atomic E-state index is 0.335. The zero-order valence-corrected chi connectivity index (χ0v) is 8.66. The summed E-state index contributed by atoms with van der Waals surface area (Å²) in [5.41, 5.74) is 0. The summed E-state index contributed by atoms with van der Waals surface area (Å²) in [6.45, 7) is 7.00. The average Bonchev–Trinajstić information content (AvgIpc) is 2.08. The summed E-state index contributed by atoms with van der Waals surface area (Å²) >= 11 is 0. The molecule has 1 heterocycles. The van der Waals surface area contributed by atoms with Crippen molar-refractivity contribution >= 4 is 5.97 Å². The van der Waals surface area contributed by atoms with E-state index in [1.165, 1.54) is 6.42 Å². The van der Waals surface area contributed by atoms with Crippen molar-refractivity contribution in [3.05, 3.63) is 0 Å². The maximum absolute atomic E-state index is 10.8. The molecule has 0 spiro atoms. The van der Waals surface area contributed by atoms with Gasteiger partial charge in [0, 0.05) is 12.6 Å². The minimum Gasteiger partial charge on any atom is -0.480 e. The van der Waals surface area contributed by atoms with Gasteiger partial charge in [-0.05, 0) is 32.6 Å². The molecule has 1 saturated heterocycles. The van der Waals surface area contributed by atoms with Crippen LogP contribution >= 0.6 is 0 Å². The molecule has 3 nitrogen and oxygen atoms in total. The van der Waals surface area contributed by atoms with Gasteiger partial charge in [-0.3, -0.25) is 9.69 Å². The molecule has 1 rings (SSSR count). The van der Waals surface area contributed by atoms with Crippen LogP contribution in [0.4, 0.5) is 0 Å². The number of hydrogen-bond donors (Lipinski definition) is 1. The first-order valence-electron chi connectivity index (χ1n) is 5.01. The molecule has 1 N–H and O–H groups in total. The van der Waals surface area contributed by atoms with Crippen LogP contribution in [-0.2, 0) is 4.79 Å². The minimum atomic E-state index is -0.707. The third-order valence-electron chi connectivity index (χ3n) is 3.02. The summed E-state index contributed by atoms with van der Waals surface area (Å²) in [5.74, 6) is -0.0704. The molecule has 0 saturated carbocycles. The molecule has 1 fully saturated rings. The summed E-state index contributed by atoms with van der Waals surface area (Å²) in [7, 11) is 0. The smallest absolute Gasteiger partial charge is 0.320 e. The SMILES string of the molecule is CC1CCC(C)N(C(C)C(=O)O)C1. The van der Waals surface area contributed by atoms with Crippen molar-refractivity contribution in [1.29, 1.82) is 0 Å². The zero-order chi connectivity index (χ0) is 10.0. The lowest BCUT2D eigenvalue weighted by Crippen LogP contribution is -2.49. The summed E-state index contributed by atoms with van der Waals surface area (Å²) < 4.78 is 0. The van der Waals surface area contributed by atoms with Gasteiger partial charge in [0.15, 0.2) is 0 Å². The van der Waals surface area contributed by atoms with E-state index in [1.807, 2.05) is 0 Å². The highest BCUT2D eigenvalue weighted by molar-refractivity contribution is 5.72. The number of carbonyl (C=O) groups is 1. The Morgan fingerprint density at radius 2 is 2.08 bits per heavy atom. The summed E-state index contributed by atoms with van der Waals surface area (Å²) in [4.78, 5) is 12.9. The van der Waals surface area contributed by atoms with E-state index in [4.69, 9.17) is 5.11 Å². The van der Waals surface area contributed by atoms with Crippen LogP contribution in [-0.4, -0.2) is 34.6 Å². The summed E-state index contributed by atoms with van der Waals surface area (Å²) in [6, 6.07) is 0.0834. The highest BCUT2D eigenvalue weighted by Gasteiger charge is 2.29. The van der Waals surface area contributed by atoms with Gasteiger partial charge in [0.05, 0.1) is 0 Å². The molecule has 76 valence electrons. The monoisotopic (exact) mass is 185 g/mol. The molecular weight excluding hydrogens is 166 g/mol. The van der Waals surface area contributed by atoms with E-state index in [0.717, 1.165) is 13.0 Å². The van der Waals surface area contributed by atoms with Crippen LogP contribution in [0.25, 0.3) is 0 Å². The van der Waals surface area contributed by atoms with Crippen LogP contribution in [0.1, 0.15) is 33.6 Å². The lowest BCUT2D eigenvalue weighted by atomic mass is 9.94. The molecule has 1 aliphatic rings. The van der Waals surface area contributed by atoms with Crippen LogP contribution in [0.3, 0.4) is 0 Å². The van der Waals surface area contributed by atoms with E-state index in [2.05, 4.69) is 18.7 Å². The molecule has 0 aromatic rings. The first-order chi connectivity index (χ1) is 6.02. The second kappa shape index (κ2) is 4.09. The van der Waals surface area contributed by atoms with Gasteiger partial charge in [-0.15, -0.1) is 0 Å². The Bertz CT molecular complexity index is 193. The van der Waals surface area contributed by atoms with Gasteiger partial charge in [0.1, 0.15) is 6.04 Å². The van der Waals surface area contributed by atoms with E-state index in [-0.39, 0.29) is 6.04 Å². The fraction of sp³-hybridized carbons (Fsp3) is 0.900. The second-order valence-corrected chi connectivity index (χ2v) is 4.24. The fourth-order valence-corrected chi connectivity index (χ4v) is 2.00. The van der Waals surface area contributed by atoms with Crippen LogP contribution < -0.4 is 0 Å². The maximum atomic E-state index is 10.8. The van der Waals surface area contributed by atoms with Crippen molar-refractivity contribution < 1.29 is 9.90 Å². The maximum Gasteiger partial charge on any atom is 0.320 e. The van der Waals surface area contributed by atoms with Gasteiger partial charge in [-0.1, -0.05) is 6.92 Å². The largest absolute Gasteiger partial charge is 0.480 e. The number of rotatable bonds is 2. The predicted molar refractivity (Wildman–Crippen MR) is 51.7 cm³/mol. The van der Waals surface area contributed by atoms with Crippen molar-refractivity contribution in [2.75, 3.05) is 6.54 Å². The van der Waals surface area contributed by atoms with Gasteiger partial charge < -0.3 is 5.11 Å². The van der Waals surface area contributed by atoms with Crippen molar-refractivity contribution in [1.82, 2.24) is 4.90 Å². The molecule has 3 unspecified atom stereocenters. The number of hydrogen-bond acceptors (Lipinski definition) is 2. The fourth-order valence-electron chi connectivity index (χ4n) is 2.00. The first-order valence-corrected chi connectivity index (χ1v) is 5.01. The Hall–Kier alpha value is -0.570. The molecule has 0 radical (unpaired) electrons. The predicted octanol–water partition coefficient (Wildman–Crippen LogP) is 1.58. The zero-order valence-electron chi connectivity index (χ0n) is 8.66. The number of likely N-dealkylation sites (tertiary alicyclic amines) is 1. The van der Waals surface area contributed by atoms with Crippen molar-refractivity contribution in [2.45, 2.75) is 45.7 Å². The molecule has 1 aliphatic heterocycles. The van der Waals surface area contributed by atoms with Crippen LogP contribution in [0.2, 0.25) is 0 Å². The highest BCUT2D eigenvalue weighted by Crippen LogP contribution is 2.23. The Balaban J connectivity index is 2.60. The Labute approximate surface area is 79.7 Å². The van der Waals surface area contributed by atoms with Crippen molar-refractivity contribution in [2.24, 2.45) is 5.92 Å². The van der Waals surface area contributed by atoms with Gasteiger partial charge >= 0.3 is 5.97 Å². The Morgan fingerprint density at radius 3 is 2.62 bits per heavy atom. The molecule has 0 aromatic heterocycles. The third kappa shape index (κ3) is 2.44. The van der Waals surface area contributed by atoms with Crippen LogP contribution in [0, 0.1) is 5.92 Å². The quantitative estimate of drug-likeness (QED) is 0.710. The lowest BCUT2D eigenvalue weighted by Gasteiger charge is -2.39. The molecule has 0 amide bonds. The van der Waals surface area contributed by atoms with Crippen molar-refractivity contribution in [3.8, 4) is 0 Å². The lowest BCUT2D eigenvalue weighted by molar-refractivity contribution is -0.144. The van der Waals surface area contributed by atoms with Gasteiger partial charge in [-0.25, -0.2) is 0 Å². The number of carboxylic acid groups (broad SMARTS) is 1. The van der Waals surface area contributed by atoms with Crippen LogP contribution in [0.5, 0.6) is 0 Å². The van der Waals surface area contributed by atoms with E-state index in [1.54, 1.807) is 6.92 Å². The topological polar surface area (TPSA) is 40.5 Å². The van der Waals surface area contributed by atoms with E-state index in [0.29, 0.717) is 12.0 Å². The van der Waals surface area contributed by atoms with Gasteiger partial charge in [0.25, 0.3) is 0 Å². The standard InChI is InChI=1S/C10H19NO2/c1-7-4-5-8(2)11(6-7)9(3)10(12)13/h7-9H,4-6H2,1-3H3,(H,12,13). The molecule has 13 heavy (non-hydrogen) atoms. The summed E-state index contributed by atoms with van der Waals surface area (Å²) in [6.07, 6.45) is 2.35. The molecule has 0 aromatic carbocycles. The number of carboxylic acids is 1. The Kier molecular flexibility index (Phi) is 3.31. The van der Waals surface area contributed by atoms with Gasteiger partial charge in [0.2, 0.25) is 0 Å². The molecule has 3 heteroatoms. The number of aliphatic carboxylic acids is 1. The highest BCUT2D eigenvalue weighted by atomic mass is 16.4. The first kappa shape index (κ1) is 10.5.